The second kappa shape index (κ2) is 7.41. The summed E-state index contributed by atoms with van der Waals surface area (Å²) in [6.45, 7) is 0.551. The second-order valence-electron chi connectivity index (χ2n) is 6.82. The first kappa shape index (κ1) is 25.5. The van der Waals surface area contributed by atoms with Crippen molar-refractivity contribution in [3.05, 3.63) is 58.6 Å². The van der Waals surface area contributed by atoms with Crippen LogP contribution in [0.5, 0.6) is 5.75 Å². The molecule has 1 N–H and O–H groups in total. The van der Waals surface area contributed by atoms with E-state index in [1.54, 1.807) is 6.07 Å². The van der Waals surface area contributed by atoms with Crippen LogP contribution in [0.15, 0.2) is 47.4 Å². The normalized spacial score (nSPS) is 16.2. The van der Waals surface area contributed by atoms with Crippen LogP contribution in [0.4, 0.5) is 32.6 Å². The van der Waals surface area contributed by atoms with Crippen molar-refractivity contribution in [1.29, 1.82) is 5.26 Å². The zero-order chi connectivity index (χ0) is 24.7. The predicted octanol–water partition coefficient (Wildman–Crippen LogP) is 7.11. The van der Waals surface area contributed by atoms with Gasteiger partial charge < -0.3 is 10.1 Å². The Morgan fingerprint density at radius 3 is 2.09 bits per heavy atom. The maximum atomic E-state index is 12.8. The van der Waals surface area contributed by atoms with Gasteiger partial charge in [0.05, 0.1) is 16.7 Å². The van der Waals surface area contributed by atoms with E-state index >= 15 is 0 Å². The summed E-state index contributed by atoms with van der Waals surface area (Å²) in [6.07, 6.45) is -4.65. The Bertz CT molecular complexity index is 1080. The lowest BCUT2D eigenvalue weighted by Gasteiger charge is -2.40. The molecule has 1 atom stereocenters. The number of hydrogen-bond donors (Lipinski definition) is 1. The van der Waals surface area contributed by atoms with Crippen LogP contribution in [0.25, 0.3) is 0 Å². The fourth-order valence-electron chi connectivity index (χ4n) is 2.30. The molecule has 176 valence electrons. The summed E-state index contributed by atoms with van der Waals surface area (Å²) in [5.41, 5.74) is -3.30. The number of nitrogens with zero attached hydrogens (tertiary/aromatic N) is 1. The van der Waals surface area contributed by atoms with Crippen LogP contribution in [0.1, 0.15) is 22.8 Å². The molecule has 32 heavy (non-hydrogen) atoms. The van der Waals surface area contributed by atoms with Gasteiger partial charge in [0, 0.05) is 5.56 Å². The lowest BCUT2D eigenvalue weighted by Crippen LogP contribution is -2.49. The van der Waals surface area contributed by atoms with Crippen molar-refractivity contribution in [2.45, 2.75) is 23.5 Å². The summed E-state index contributed by atoms with van der Waals surface area (Å²) in [5.74, 6) is -1.31. The van der Waals surface area contributed by atoms with Gasteiger partial charge in [-0.2, -0.15) is 18.4 Å². The Balaban J connectivity index is 2.14. The number of benzene rings is 2. The van der Waals surface area contributed by atoms with E-state index < -0.39 is 55.5 Å². The number of halogens is 9. The smallest absolute Gasteiger partial charge is 0.416 e. The van der Waals surface area contributed by atoms with Gasteiger partial charge in [0.25, 0.3) is 5.91 Å². The molecule has 0 heterocycles. The average molecular weight is 509 g/mol. The minimum Gasteiger partial charge on any atom is -0.488 e. The van der Waals surface area contributed by atoms with Crippen LogP contribution in [-0.4, -0.2) is 18.1 Å². The maximum Gasteiger partial charge on any atom is 0.416 e. The number of hydrogen-bond acceptors (Lipinski definition) is 3. The fourth-order valence-corrected chi connectivity index (χ4v) is 3.18. The molecule has 14 heteroatoms. The monoisotopic (exact) mass is 508 g/mol. The van der Waals surface area contributed by atoms with Crippen LogP contribution < -0.4 is 10.1 Å². The Hall–Kier alpha value is -2.72. The molecule has 1 unspecified atom stereocenters. The molecule has 2 aromatic carbocycles. The fraction of sp³-hybridized carbons (Fsp3) is 0.222. The van der Waals surface area contributed by atoms with Gasteiger partial charge in [-0.3, -0.25) is 4.79 Å². The van der Waals surface area contributed by atoms with Crippen molar-refractivity contribution < 1.29 is 42.1 Å². The molecule has 0 spiro atoms. The quantitative estimate of drug-likeness (QED) is 0.423. The highest BCUT2D eigenvalue weighted by Crippen LogP contribution is 3.02. The third kappa shape index (κ3) is 6.39. The lowest BCUT2D eigenvalue weighted by molar-refractivity contribution is -0.137. The van der Waals surface area contributed by atoms with Crippen LogP contribution in [0, 0.1) is 11.3 Å². The van der Waals surface area contributed by atoms with E-state index in [0.29, 0.717) is 24.3 Å². The van der Waals surface area contributed by atoms with Crippen molar-refractivity contribution >= 4 is 27.7 Å². The van der Waals surface area contributed by atoms with E-state index in [0.717, 1.165) is 13.0 Å². The zero-order valence-electron chi connectivity index (χ0n) is 15.8. The molecule has 1 amide bonds. The van der Waals surface area contributed by atoms with Gasteiger partial charge in [-0.1, -0.05) is 31.0 Å². The molecule has 0 saturated carbocycles. The molecule has 2 rings (SSSR count). The average Bonchev–Trinajstić information content (AvgIpc) is 2.64. The summed E-state index contributed by atoms with van der Waals surface area (Å²) in [4.78, 5) is 10.1. The third-order valence-electron chi connectivity index (χ3n) is 3.97. The highest BCUT2D eigenvalue weighted by atomic mass is 35.5. The van der Waals surface area contributed by atoms with Crippen molar-refractivity contribution in [2.75, 3.05) is 6.61 Å². The topological polar surface area (TPSA) is 62.1 Å². The van der Waals surface area contributed by atoms with Gasteiger partial charge in [0.2, 0.25) is 0 Å². The van der Waals surface area contributed by atoms with Gasteiger partial charge in [-0.25, -0.2) is 0 Å². The molecular weight excluding hydrogens is 496 g/mol. The highest BCUT2D eigenvalue weighted by molar-refractivity contribution is 8.45. The van der Waals surface area contributed by atoms with Gasteiger partial charge in [-0.05, 0) is 49.4 Å². The molecule has 0 saturated heterocycles. The Labute approximate surface area is 181 Å². The molecule has 0 aliphatic carbocycles. The first-order chi connectivity index (χ1) is 14.2. The van der Waals surface area contributed by atoms with E-state index in [9.17, 15) is 42.7 Å². The lowest BCUT2D eigenvalue weighted by atomic mass is 10.1. The molecule has 0 fully saturated rings. The highest BCUT2D eigenvalue weighted by Gasteiger charge is 2.65. The largest absolute Gasteiger partial charge is 0.488 e. The molecule has 0 bridgehead atoms. The Morgan fingerprint density at radius 2 is 1.66 bits per heavy atom. The molecule has 2 aromatic rings. The molecule has 0 aliphatic heterocycles. The van der Waals surface area contributed by atoms with Crippen LogP contribution >= 0.6 is 21.8 Å². The van der Waals surface area contributed by atoms with Crippen molar-refractivity contribution in [3.63, 3.8) is 0 Å². The molecular formula is C18H13ClF8N2O2S. The summed E-state index contributed by atoms with van der Waals surface area (Å²) in [5, 5.41) is 11.1. The molecule has 0 aromatic heterocycles. The second-order valence-corrected chi connectivity index (χ2v) is 9.64. The number of carbonyl (C=O) groups is 1. The van der Waals surface area contributed by atoms with Crippen LogP contribution in [0.2, 0.25) is 5.02 Å². The minimum absolute atomic E-state index is 0.0403. The summed E-state index contributed by atoms with van der Waals surface area (Å²) >= 11 is 5.74. The number of carbonyl (C=O) groups excluding carboxylic acids is 1. The SMILES string of the molecule is CC(C#N)(COc1ccc(C(F)(F)F)cc1Cl)NC(=O)c1ccc(S(F)(F)(F)(F)F)cc1. The van der Waals surface area contributed by atoms with Crippen LogP contribution in [0.3, 0.4) is 0 Å². The summed E-state index contributed by atoms with van der Waals surface area (Å²) in [6, 6.07) is 4.96. The zero-order valence-corrected chi connectivity index (χ0v) is 17.4. The van der Waals surface area contributed by atoms with Gasteiger partial charge in [0.15, 0.2) is 5.54 Å². The number of nitrogens with one attached hydrogen (secondary N) is 1. The van der Waals surface area contributed by atoms with E-state index in [4.69, 9.17) is 16.3 Å². The molecule has 0 radical (unpaired) electrons. The van der Waals surface area contributed by atoms with E-state index in [-0.39, 0.29) is 17.9 Å². The van der Waals surface area contributed by atoms with Gasteiger partial charge in [0.1, 0.15) is 17.3 Å². The standard InChI is InChI=1S/C18H13ClF8N2O2S/c1-17(9-28,10-31-15-7-4-12(8-14(15)19)18(20,21)22)29-16(30)11-2-5-13(6-3-11)32(23,24,25,26)27/h2-8H,10H2,1H3,(H,29,30). The summed E-state index contributed by atoms with van der Waals surface area (Å²) in [7, 11) is -9.91. The molecule has 4 nitrogen and oxygen atoms in total. The predicted molar refractivity (Wildman–Crippen MR) is 101 cm³/mol. The van der Waals surface area contributed by atoms with Crippen LogP contribution in [-0.2, 0) is 6.18 Å². The molecule has 0 aliphatic rings. The van der Waals surface area contributed by atoms with Crippen molar-refractivity contribution in [2.24, 2.45) is 0 Å². The first-order valence-corrected chi connectivity index (χ1v) is 10.6. The number of alkyl halides is 3. The Kier molecular flexibility index (Phi) is 5.92. The number of amides is 1. The van der Waals surface area contributed by atoms with Gasteiger partial charge in [-0.15, -0.1) is 0 Å². The Morgan fingerprint density at radius 1 is 1.09 bits per heavy atom. The minimum atomic E-state index is -9.91. The third-order valence-corrected chi connectivity index (χ3v) is 5.43. The number of nitriles is 1. The van der Waals surface area contributed by atoms with E-state index in [1.807, 2.05) is 0 Å². The van der Waals surface area contributed by atoms with E-state index in [2.05, 4.69) is 5.32 Å². The van der Waals surface area contributed by atoms with Crippen molar-refractivity contribution in [1.82, 2.24) is 5.32 Å². The number of ether oxygens (including phenoxy) is 1. The number of rotatable bonds is 6. The first-order valence-electron chi connectivity index (χ1n) is 8.32. The van der Waals surface area contributed by atoms with Crippen molar-refractivity contribution in [3.8, 4) is 11.8 Å². The van der Waals surface area contributed by atoms with Gasteiger partial charge >= 0.3 is 16.4 Å². The summed E-state index contributed by atoms with van der Waals surface area (Å²) < 4.78 is 107. The van der Waals surface area contributed by atoms with E-state index in [1.165, 1.54) is 0 Å². The maximum absolute atomic E-state index is 12.8.